The van der Waals surface area contributed by atoms with Crippen molar-refractivity contribution in [2.75, 3.05) is 19.6 Å². The fraction of sp³-hybridized carbons (Fsp3) is 0.375. The maximum Gasteiger partial charge on any atom is 0.317 e. The molecule has 1 N–H and O–H groups in total. The van der Waals surface area contributed by atoms with Crippen LogP contribution in [0.25, 0.3) is 11.4 Å². The number of hydrogen-bond donors (Lipinski definition) is 1. The van der Waals surface area contributed by atoms with Crippen LogP contribution in [0, 0.1) is 0 Å². The monoisotopic (exact) mass is 418 g/mol. The number of nitrogens with zero attached hydrogens (tertiary/aromatic N) is 3. The van der Waals surface area contributed by atoms with Crippen LogP contribution in [0.5, 0.6) is 5.75 Å². The van der Waals surface area contributed by atoms with E-state index in [2.05, 4.69) is 27.6 Å². The quantitative estimate of drug-likeness (QED) is 0.627. The third-order valence-corrected chi connectivity index (χ3v) is 5.75. The highest BCUT2D eigenvalue weighted by molar-refractivity contribution is 5.74. The molecule has 1 aliphatic carbocycles. The minimum Gasteiger partial charge on any atom is -0.489 e. The molecule has 0 spiro atoms. The molecule has 1 atom stereocenters. The molecule has 5 rings (SSSR count). The van der Waals surface area contributed by atoms with E-state index in [1.807, 2.05) is 47.4 Å². The highest BCUT2D eigenvalue weighted by atomic mass is 16.5. The van der Waals surface area contributed by atoms with Gasteiger partial charge in [0.1, 0.15) is 11.9 Å². The zero-order valence-electron chi connectivity index (χ0n) is 17.4. The Morgan fingerprint density at radius 3 is 2.68 bits per heavy atom. The normalized spacial score (nSPS) is 18.2. The maximum absolute atomic E-state index is 12.4. The van der Waals surface area contributed by atoms with Crippen molar-refractivity contribution in [1.82, 2.24) is 20.4 Å². The summed E-state index contributed by atoms with van der Waals surface area (Å²) >= 11 is 0. The minimum absolute atomic E-state index is 0.00244. The molecule has 3 aromatic rings. The van der Waals surface area contributed by atoms with Gasteiger partial charge in [-0.15, -0.1) is 0 Å². The van der Waals surface area contributed by atoms with Crippen LogP contribution in [0.15, 0.2) is 59.1 Å². The second-order valence-electron chi connectivity index (χ2n) is 8.20. The number of hydrogen-bond acceptors (Lipinski definition) is 5. The van der Waals surface area contributed by atoms with E-state index in [1.165, 1.54) is 5.56 Å². The van der Waals surface area contributed by atoms with Crippen LogP contribution in [-0.4, -0.2) is 46.8 Å². The van der Waals surface area contributed by atoms with E-state index < -0.39 is 0 Å². The molecule has 2 aliphatic rings. The zero-order valence-corrected chi connectivity index (χ0v) is 17.4. The Morgan fingerprint density at radius 2 is 1.90 bits per heavy atom. The van der Waals surface area contributed by atoms with Gasteiger partial charge >= 0.3 is 6.03 Å². The van der Waals surface area contributed by atoms with Gasteiger partial charge in [-0.3, -0.25) is 0 Å². The summed E-state index contributed by atoms with van der Waals surface area (Å²) in [7, 11) is 0. The van der Waals surface area contributed by atoms with E-state index in [0.29, 0.717) is 31.4 Å². The molecule has 0 radical (unpaired) electrons. The van der Waals surface area contributed by atoms with Gasteiger partial charge in [0, 0.05) is 31.0 Å². The summed E-state index contributed by atoms with van der Waals surface area (Å²) in [6.45, 7) is 1.92. The predicted octanol–water partition coefficient (Wildman–Crippen LogP) is 4.02. The van der Waals surface area contributed by atoms with E-state index in [1.54, 1.807) is 0 Å². The standard InChI is InChI=1S/C24H26N4O3/c29-24(25-14-12-17-4-2-1-3-5-17)28-15-13-21(16-28)30-20-10-8-18(9-11-20)22-26-23(31-27-22)19-6-7-19/h1-5,8-11,19,21H,6-7,12-16H2,(H,25,29). The van der Waals surface area contributed by atoms with Gasteiger partial charge in [0.05, 0.1) is 6.54 Å². The predicted molar refractivity (Wildman–Crippen MR) is 116 cm³/mol. The van der Waals surface area contributed by atoms with E-state index in [9.17, 15) is 4.79 Å². The number of carbonyl (C=O) groups excluding carboxylic acids is 1. The van der Waals surface area contributed by atoms with Gasteiger partial charge in [-0.25, -0.2) is 4.79 Å². The Balaban J connectivity index is 1.09. The fourth-order valence-electron chi connectivity index (χ4n) is 3.80. The van der Waals surface area contributed by atoms with Crippen molar-refractivity contribution in [3.63, 3.8) is 0 Å². The Labute approximate surface area is 181 Å². The van der Waals surface area contributed by atoms with Crippen LogP contribution in [-0.2, 0) is 6.42 Å². The van der Waals surface area contributed by atoms with Gasteiger partial charge in [-0.05, 0) is 49.1 Å². The molecule has 1 unspecified atom stereocenters. The average molecular weight is 418 g/mol. The highest BCUT2D eigenvalue weighted by Gasteiger charge is 2.30. The molecule has 1 aliphatic heterocycles. The van der Waals surface area contributed by atoms with E-state index in [-0.39, 0.29) is 12.1 Å². The third-order valence-electron chi connectivity index (χ3n) is 5.75. The molecule has 1 saturated carbocycles. The number of amides is 2. The number of aromatic nitrogens is 2. The van der Waals surface area contributed by atoms with Crippen molar-refractivity contribution in [1.29, 1.82) is 0 Å². The lowest BCUT2D eigenvalue weighted by molar-refractivity contribution is 0.187. The topological polar surface area (TPSA) is 80.5 Å². The molecule has 0 bridgehead atoms. The average Bonchev–Trinajstić information content (AvgIpc) is 3.34. The largest absolute Gasteiger partial charge is 0.489 e. The van der Waals surface area contributed by atoms with Crippen LogP contribution in [0.3, 0.4) is 0 Å². The molecule has 31 heavy (non-hydrogen) atoms. The molecule has 160 valence electrons. The number of nitrogens with one attached hydrogen (secondary N) is 1. The summed E-state index contributed by atoms with van der Waals surface area (Å²) in [5.41, 5.74) is 2.13. The minimum atomic E-state index is -0.0269. The Bertz CT molecular complexity index is 1010. The second-order valence-corrected chi connectivity index (χ2v) is 8.20. The summed E-state index contributed by atoms with van der Waals surface area (Å²) in [5, 5.41) is 7.08. The number of benzene rings is 2. The van der Waals surface area contributed by atoms with Crippen LogP contribution >= 0.6 is 0 Å². The highest BCUT2D eigenvalue weighted by Crippen LogP contribution is 2.39. The smallest absolute Gasteiger partial charge is 0.317 e. The Hall–Kier alpha value is -3.35. The first-order chi connectivity index (χ1) is 15.2. The first kappa shape index (κ1) is 19.6. The van der Waals surface area contributed by atoms with Crippen LogP contribution < -0.4 is 10.1 Å². The van der Waals surface area contributed by atoms with Crippen LogP contribution in [0.4, 0.5) is 4.79 Å². The first-order valence-corrected chi connectivity index (χ1v) is 10.9. The number of rotatable bonds is 7. The van der Waals surface area contributed by atoms with E-state index >= 15 is 0 Å². The van der Waals surface area contributed by atoms with Crippen molar-refractivity contribution in [3.05, 3.63) is 66.1 Å². The molecule has 2 fully saturated rings. The summed E-state index contributed by atoms with van der Waals surface area (Å²) in [5.74, 6) is 2.59. The second kappa shape index (κ2) is 8.79. The van der Waals surface area contributed by atoms with Crippen molar-refractivity contribution >= 4 is 6.03 Å². The van der Waals surface area contributed by atoms with Gasteiger partial charge in [-0.1, -0.05) is 35.5 Å². The Morgan fingerprint density at radius 1 is 1.10 bits per heavy atom. The van der Waals surface area contributed by atoms with Gasteiger partial charge in [0.25, 0.3) is 0 Å². The summed E-state index contributed by atoms with van der Waals surface area (Å²) < 4.78 is 11.4. The number of urea groups is 1. The summed E-state index contributed by atoms with van der Waals surface area (Å²) in [6.07, 6.45) is 3.92. The fourth-order valence-corrected chi connectivity index (χ4v) is 3.80. The van der Waals surface area contributed by atoms with Crippen molar-refractivity contribution in [3.8, 4) is 17.1 Å². The molecule has 7 heteroatoms. The maximum atomic E-state index is 12.4. The SMILES string of the molecule is O=C(NCCc1ccccc1)N1CCC(Oc2ccc(-c3noc(C4CC4)n3)cc2)C1. The van der Waals surface area contributed by atoms with Crippen molar-refractivity contribution in [2.24, 2.45) is 0 Å². The zero-order chi connectivity index (χ0) is 21.0. The van der Waals surface area contributed by atoms with Gasteiger partial charge in [0.2, 0.25) is 11.7 Å². The van der Waals surface area contributed by atoms with Crippen LogP contribution in [0.2, 0.25) is 0 Å². The lowest BCUT2D eigenvalue weighted by atomic mass is 10.1. The van der Waals surface area contributed by atoms with Gasteiger partial charge in [-0.2, -0.15) is 4.98 Å². The van der Waals surface area contributed by atoms with Crippen molar-refractivity contribution in [2.45, 2.75) is 37.7 Å². The third kappa shape index (κ3) is 4.87. The molecule has 2 amide bonds. The number of carbonyl (C=O) groups is 1. The lowest BCUT2D eigenvalue weighted by Crippen LogP contribution is -2.40. The molecular weight excluding hydrogens is 392 g/mol. The molecular formula is C24H26N4O3. The first-order valence-electron chi connectivity index (χ1n) is 10.9. The van der Waals surface area contributed by atoms with Gasteiger partial charge < -0.3 is 19.5 Å². The molecule has 1 aromatic heterocycles. The number of ether oxygens (including phenoxy) is 1. The van der Waals surface area contributed by atoms with Crippen molar-refractivity contribution < 1.29 is 14.1 Å². The summed E-state index contributed by atoms with van der Waals surface area (Å²) in [4.78, 5) is 18.7. The lowest BCUT2D eigenvalue weighted by Gasteiger charge is -2.18. The van der Waals surface area contributed by atoms with Crippen LogP contribution in [0.1, 0.15) is 36.6 Å². The molecule has 1 saturated heterocycles. The Kier molecular flexibility index (Phi) is 5.56. The molecule has 2 aromatic carbocycles. The van der Waals surface area contributed by atoms with E-state index in [4.69, 9.17) is 9.26 Å². The summed E-state index contributed by atoms with van der Waals surface area (Å²) in [6, 6.07) is 17.9. The molecule has 2 heterocycles. The van der Waals surface area contributed by atoms with Gasteiger partial charge in [0.15, 0.2) is 0 Å². The van der Waals surface area contributed by atoms with E-state index in [0.717, 1.165) is 42.9 Å². The molecule has 7 nitrogen and oxygen atoms in total. The number of likely N-dealkylation sites (tertiary alicyclic amines) is 1.